The molecule has 1 amide bonds. The second-order valence-electron chi connectivity index (χ2n) is 7.53. The van der Waals surface area contributed by atoms with Gasteiger partial charge < -0.3 is 10.4 Å². The molecule has 1 aromatic rings. The van der Waals surface area contributed by atoms with Crippen molar-refractivity contribution >= 4 is 29.3 Å². The molecule has 0 saturated heterocycles. The van der Waals surface area contributed by atoms with Crippen LogP contribution in [0.15, 0.2) is 24.3 Å². The average Bonchev–Trinajstić information content (AvgIpc) is 2.65. The van der Waals surface area contributed by atoms with E-state index in [0.717, 1.165) is 24.1 Å². The lowest BCUT2D eigenvalue weighted by Gasteiger charge is -2.12. The molecular formula is C23H37NO3S. The van der Waals surface area contributed by atoms with Crippen molar-refractivity contribution in [2.24, 2.45) is 0 Å². The zero-order valence-corrected chi connectivity index (χ0v) is 18.4. The first-order valence-electron chi connectivity index (χ1n) is 10.7. The molecule has 0 fully saturated rings. The molecule has 1 rings (SSSR count). The highest BCUT2D eigenvalue weighted by Gasteiger charge is 2.19. The van der Waals surface area contributed by atoms with Crippen molar-refractivity contribution in [1.29, 1.82) is 0 Å². The highest BCUT2D eigenvalue weighted by Crippen LogP contribution is 2.20. The van der Waals surface area contributed by atoms with Gasteiger partial charge in [0.25, 0.3) is 0 Å². The third-order valence-corrected chi connectivity index (χ3v) is 6.08. The molecule has 0 radical (unpaired) electrons. The number of anilines is 1. The molecule has 0 aliphatic rings. The summed E-state index contributed by atoms with van der Waals surface area (Å²) in [6, 6.07) is 7.61. The Balaban J connectivity index is 2.14. The predicted octanol–water partition coefficient (Wildman–Crippen LogP) is 6.43. The molecule has 1 unspecified atom stereocenters. The number of carbonyl (C=O) groups excluding carboxylic acids is 1. The average molecular weight is 408 g/mol. The van der Waals surface area contributed by atoms with Gasteiger partial charge in [0.15, 0.2) is 0 Å². The van der Waals surface area contributed by atoms with Gasteiger partial charge in [0.05, 0.1) is 5.75 Å². The Labute approximate surface area is 174 Å². The van der Waals surface area contributed by atoms with Crippen LogP contribution in [-0.2, 0) is 9.59 Å². The van der Waals surface area contributed by atoms with Gasteiger partial charge in [-0.15, -0.1) is 11.8 Å². The minimum Gasteiger partial charge on any atom is -0.480 e. The summed E-state index contributed by atoms with van der Waals surface area (Å²) in [6.45, 7) is 4.20. The summed E-state index contributed by atoms with van der Waals surface area (Å²) in [5.41, 5.74) is 1.84. The maximum absolute atomic E-state index is 12.1. The second-order valence-corrected chi connectivity index (χ2v) is 8.72. The number of carbonyl (C=O) groups is 2. The van der Waals surface area contributed by atoms with Crippen LogP contribution in [0.25, 0.3) is 0 Å². The van der Waals surface area contributed by atoms with Crippen molar-refractivity contribution < 1.29 is 14.7 Å². The maximum Gasteiger partial charge on any atom is 0.316 e. The quantitative estimate of drug-likeness (QED) is 0.310. The lowest BCUT2D eigenvalue weighted by Crippen LogP contribution is -2.21. The van der Waals surface area contributed by atoms with Crippen LogP contribution in [0, 0.1) is 6.92 Å². The monoisotopic (exact) mass is 407 g/mol. The molecule has 0 heterocycles. The van der Waals surface area contributed by atoms with E-state index in [2.05, 4.69) is 12.2 Å². The van der Waals surface area contributed by atoms with E-state index in [1.54, 1.807) is 0 Å². The van der Waals surface area contributed by atoms with Gasteiger partial charge in [-0.1, -0.05) is 83.3 Å². The molecular weight excluding hydrogens is 370 g/mol. The number of benzene rings is 1. The topological polar surface area (TPSA) is 66.4 Å². The smallest absolute Gasteiger partial charge is 0.316 e. The largest absolute Gasteiger partial charge is 0.480 e. The lowest BCUT2D eigenvalue weighted by molar-refractivity contribution is -0.136. The van der Waals surface area contributed by atoms with E-state index in [4.69, 9.17) is 0 Å². The first-order chi connectivity index (χ1) is 13.5. The molecule has 0 spiro atoms. The lowest BCUT2D eigenvalue weighted by atomic mass is 10.1. The molecule has 0 aromatic heterocycles. The highest BCUT2D eigenvalue weighted by atomic mass is 32.2. The number of hydrogen-bond acceptors (Lipinski definition) is 3. The number of rotatable bonds is 16. The molecule has 28 heavy (non-hydrogen) atoms. The van der Waals surface area contributed by atoms with Gasteiger partial charge in [0.1, 0.15) is 5.25 Å². The molecule has 4 nitrogen and oxygen atoms in total. The second kappa shape index (κ2) is 15.4. The summed E-state index contributed by atoms with van der Waals surface area (Å²) in [7, 11) is 0. The Morgan fingerprint density at radius 2 is 1.61 bits per heavy atom. The number of unbranched alkanes of at least 4 members (excludes halogenated alkanes) is 9. The molecule has 0 aliphatic carbocycles. The van der Waals surface area contributed by atoms with Gasteiger partial charge in [-0.2, -0.15) is 0 Å². The Morgan fingerprint density at radius 1 is 1.00 bits per heavy atom. The van der Waals surface area contributed by atoms with Crippen LogP contribution in [-0.4, -0.2) is 28.0 Å². The number of thioether (sulfide) groups is 1. The van der Waals surface area contributed by atoms with Crippen molar-refractivity contribution in [2.75, 3.05) is 11.1 Å². The predicted molar refractivity (Wildman–Crippen MR) is 120 cm³/mol. The van der Waals surface area contributed by atoms with Gasteiger partial charge in [0, 0.05) is 5.69 Å². The molecule has 5 heteroatoms. The summed E-state index contributed by atoms with van der Waals surface area (Å²) in [4.78, 5) is 23.5. The van der Waals surface area contributed by atoms with E-state index in [1.165, 1.54) is 63.1 Å². The van der Waals surface area contributed by atoms with E-state index in [-0.39, 0.29) is 11.7 Å². The van der Waals surface area contributed by atoms with E-state index in [0.29, 0.717) is 6.42 Å². The minimum absolute atomic E-state index is 0.148. The Hall–Kier alpha value is -1.49. The SMILES string of the molecule is CCCCCCCCCCCCC(SCC(=O)Nc1cccc(C)c1)C(=O)O. The fourth-order valence-electron chi connectivity index (χ4n) is 3.19. The van der Waals surface area contributed by atoms with Gasteiger partial charge in [0.2, 0.25) is 5.91 Å². The Morgan fingerprint density at radius 3 is 2.18 bits per heavy atom. The van der Waals surface area contributed by atoms with Crippen molar-refractivity contribution in [3.63, 3.8) is 0 Å². The van der Waals surface area contributed by atoms with Crippen LogP contribution in [0.5, 0.6) is 0 Å². The number of nitrogens with one attached hydrogen (secondary N) is 1. The molecule has 0 bridgehead atoms. The van der Waals surface area contributed by atoms with Crippen molar-refractivity contribution in [3.05, 3.63) is 29.8 Å². The molecule has 1 atom stereocenters. The van der Waals surface area contributed by atoms with Gasteiger partial charge in [-0.25, -0.2) is 0 Å². The first kappa shape index (κ1) is 24.5. The van der Waals surface area contributed by atoms with Crippen LogP contribution in [0.3, 0.4) is 0 Å². The number of aryl methyl sites for hydroxylation is 1. The van der Waals surface area contributed by atoms with Crippen molar-refractivity contribution in [3.8, 4) is 0 Å². The Kier molecular flexibility index (Phi) is 13.5. The van der Waals surface area contributed by atoms with Crippen LogP contribution >= 0.6 is 11.8 Å². The number of aliphatic carboxylic acids is 1. The minimum atomic E-state index is -0.815. The summed E-state index contributed by atoms with van der Waals surface area (Å²) in [5.74, 6) is -0.794. The van der Waals surface area contributed by atoms with Gasteiger partial charge in [-0.3, -0.25) is 9.59 Å². The molecule has 0 aliphatic heterocycles. The number of hydrogen-bond donors (Lipinski definition) is 2. The van der Waals surface area contributed by atoms with Crippen LogP contribution in [0.2, 0.25) is 0 Å². The van der Waals surface area contributed by atoms with Crippen molar-refractivity contribution in [1.82, 2.24) is 0 Å². The van der Waals surface area contributed by atoms with Gasteiger partial charge in [-0.05, 0) is 31.0 Å². The number of carboxylic acid groups (broad SMARTS) is 1. The van der Waals surface area contributed by atoms with E-state index in [1.807, 2.05) is 31.2 Å². The van der Waals surface area contributed by atoms with Crippen LogP contribution in [0.1, 0.15) is 83.1 Å². The maximum atomic E-state index is 12.1. The zero-order chi connectivity index (χ0) is 20.6. The van der Waals surface area contributed by atoms with Crippen LogP contribution < -0.4 is 5.32 Å². The fraction of sp³-hybridized carbons (Fsp3) is 0.652. The first-order valence-corrected chi connectivity index (χ1v) is 11.8. The van der Waals surface area contributed by atoms with Gasteiger partial charge >= 0.3 is 5.97 Å². The summed E-state index contributed by atoms with van der Waals surface area (Å²) in [5, 5.41) is 11.7. The third kappa shape index (κ3) is 12.1. The zero-order valence-electron chi connectivity index (χ0n) is 17.5. The molecule has 2 N–H and O–H groups in total. The summed E-state index contributed by atoms with van der Waals surface area (Å²) < 4.78 is 0. The molecule has 0 saturated carbocycles. The fourth-order valence-corrected chi connectivity index (χ4v) is 4.09. The van der Waals surface area contributed by atoms with E-state index < -0.39 is 11.2 Å². The third-order valence-electron chi connectivity index (χ3n) is 4.81. The Bertz CT molecular complexity index is 577. The molecule has 158 valence electrons. The van der Waals surface area contributed by atoms with E-state index >= 15 is 0 Å². The molecule has 1 aromatic carbocycles. The van der Waals surface area contributed by atoms with Crippen molar-refractivity contribution in [2.45, 2.75) is 89.7 Å². The van der Waals surface area contributed by atoms with E-state index in [9.17, 15) is 14.7 Å². The number of amides is 1. The number of carboxylic acids is 1. The normalized spacial score (nSPS) is 11.9. The summed E-state index contributed by atoms with van der Waals surface area (Å²) in [6.07, 6.45) is 13.0. The highest BCUT2D eigenvalue weighted by molar-refractivity contribution is 8.01. The summed E-state index contributed by atoms with van der Waals surface area (Å²) >= 11 is 1.23. The van der Waals surface area contributed by atoms with Crippen LogP contribution in [0.4, 0.5) is 5.69 Å². The standard InChI is InChI=1S/C23H37NO3S/c1-3-4-5-6-7-8-9-10-11-12-16-21(23(26)27)28-18-22(25)24-20-15-13-14-19(2)17-20/h13-15,17,21H,3-12,16,18H2,1-2H3,(H,24,25)(H,26,27).